The van der Waals surface area contributed by atoms with Gasteiger partial charge in [0.05, 0.1) is 0 Å². The maximum atomic E-state index is 10.9. The second-order valence-electron chi connectivity index (χ2n) is 2.60. The van der Waals surface area contributed by atoms with Crippen LogP contribution in [0.15, 0.2) is 46.7 Å². The molecular formula is C8H6N4O2S. The fourth-order valence-electron chi connectivity index (χ4n) is 0.942. The van der Waals surface area contributed by atoms with Crippen molar-refractivity contribution in [3.63, 3.8) is 0 Å². The minimum absolute atomic E-state index is 0.455. The quantitative estimate of drug-likeness (QED) is 0.523. The number of nitrogens with zero attached hydrogens (tertiary/aromatic N) is 4. The summed E-state index contributed by atoms with van der Waals surface area (Å²) >= 11 is 1.15. The molecule has 0 fully saturated rings. The summed E-state index contributed by atoms with van der Waals surface area (Å²) in [7, 11) is 0. The Kier molecular flexibility index (Phi) is 2.64. The van der Waals surface area contributed by atoms with Crippen molar-refractivity contribution in [2.75, 3.05) is 0 Å². The summed E-state index contributed by atoms with van der Waals surface area (Å²) in [4.78, 5) is 0.910. The molecule has 0 bridgehead atoms. The Morgan fingerprint density at radius 1 is 0.933 bits per heavy atom. The Morgan fingerprint density at radius 3 is 1.80 bits per heavy atom. The van der Waals surface area contributed by atoms with Gasteiger partial charge >= 0.3 is 0 Å². The monoisotopic (exact) mass is 222 g/mol. The highest BCUT2D eigenvalue weighted by Gasteiger charge is 2.05. The minimum Gasteiger partial charge on any atom is -0.594 e. The van der Waals surface area contributed by atoms with Gasteiger partial charge in [0.15, 0.2) is 10.1 Å². The summed E-state index contributed by atoms with van der Waals surface area (Å²) in [5, 5.41) is 30.0. The van der Waals surface area contributed by atoms with Crippen LogP contribution in [-0.2, 0) is 0 Å². The van der Waals surface area contributed by atoms with Crippen LogP contribution in [0.1, 0.15) is 0 Å². The van der Waals surface area contributed by atoms with E-state index in [-0.39, 0.29) is 0 Å². The topological polar surface area (TPSA) is 79.7 Å². The predicted octanol–water partition coefficient (Wildman–Crippen LogP) is -0.105. The molecule has 0 amide bonds. The zero-order chi connectivity index (χ0) is 10.7. The van der Waals surface area contributed by atoms with Crippen LogP contribution in [0.2, 0.25) is 0 Å². The zero-order valence-electron chi connectivity index (χ0n) is 7.48. The van der Waals surface area contributed by atoms with E-state index in [9.17, 15) is 10.4 Å². The molecule has 2 aromatic rings. The summed E-state index contributed by atoms with van der Waals surface area (Å²) in [5.74, 6) is 0. The van der Waals surface area contributed by atoms with Crippen molar-refractivity contribution in [2.45, 2.75) is 10.1 Å². The van der Waals surface area contributed by atoms with Gasteiger partial charge in [0.2, 0.25) is 12.4 Å². The Hall–Kier alpha value is -1.89. The molecule has 7 heteroatoms. The average molecular weight is 222 g/mol. The maximum absolute atomic E-state index is 10.9. The van der Waals surface area contributed by atoms with Gasteiger partial charge in [-0.2, -0.15) is 0 Å². The molecule has 2 aromatic heterocycles. The SMILES string of the molecule is [O-][n+]1cccc(Sc2ccc[n+]([O-])n2)n1. The molecule has 0 aliphatic rings. The Bertz CT molecular complexity index is 436. The van der Waals surface area contributed by atoms with Crippen molar-refractivity contribution in [2.24, 2.45) is 0 Å². The van der Waals surface area contributed by atoms with Gasteiger partial charge in [0.1, 0.15) is 0 Å². The molecule has 6 nitrogen and oxygen atoms in total. The Morgan fingerprint density at radius 2 is 1.40 bits per heavy atom. The van der Waals surface area contributed by atoms with Crippen LogP contribution in [0.5, 0.6) is 0 Å². The van der Waals surface area contributed by atoms with Gasteiger partial charge in [0, 0.05) is 22.3 Å². The average Bonchev–Trinajstić information content (AvgIpc) is 2.17. The molecule has 0 aliphatic heterocycles. The van der Waals surface area contributed by atoms with Crippen molar-refractivity contribution >= 4 is 11.8 Å². The second kappa shape index (κ2) is 4.09. The Balaban J connectivity index is 2.22. The van der Waals surface area contributed by atoms with Crippen LogP contribution in [0.3, 0.4) is 0 Å². The smallest absolute Gasteiger partial charge is 0.209 e. The summed E-state index contributed by atoms with van der Waals surface area (Å²) in [6, 6.07) is 6.50. The molecule has 0 radical (unpaired) electrons. The summed E-state index contributed by atoms with van der Waals surface area (Å²) < 4.78 is 0. The number of hydrogen-bond acceptors (Lipinski definition) is 5. The van der Waals surface area contributed by atoms with Gasteiger partial charge in [-0.3, -0.25) is 0 Å². The van der Waals surface area contributed by atoms with Crippen LogP contribution in [0, 0.1) is 10.4 Å². The van der Waals surface area contributed by atoms with Crippen LogP contribution >= 0.6 is 11.8 Å². The number of rotatable bonds is 2. The largest absolute Gasteiger partial charge is 0.594 e. The highest BCUT2D eigenvalue weighted by molar-refractivity contribution is 7.99. The minimum atomic E-state index is 0.455. The van der Waals surface area contributed by atoms with E-state index in [1.54, 1.807) is 24.3 Å². The van der Waals surface area contributed by atoms with Crippen LogP contribution in [0.4, 0.5) is 0 Å². The summed E-state index contributed by atoms with van der Waals surface area (Å²) in [6.45, 7) is 0. The first-order valence-corrected chi connectivity index (χ1v) is 4.86. The van der Waals surface area contributed by atoms with E-state index in [1.165, 1.54) is 12.4 Å². The molecule has 2 heterocycles. The lowest BCUT2D eigenvalue weighted by Crippen LogP contribution is -2.31. The third kappa shape index (κ3) is 2.53. The van der Waals surface area contributed by atoms with Gasteiger partial charge in [-0.25, -0.2) is 0 Å². The molecule has 0 unspecified atom stereocenters. The van der Waals surface area contributed by atoms with Crippen LogP contribution in [0.25, 0.3) is 0 Å². The lowest BCUT2D eigenvalue weighted by atomic mass is 10.6. The van der Waals surface area contributed by atoms with E-state index < -0.39 is 0 Å². The summed E-state index contributed by atoms with van der Waals surface area (Å²) in [5.41, 5.74) is 0. The second-order valence-corrected chi connectivity index (χ2v) is 3.64. The molecule has 0 spiro atoms. The lowest BCUT2D eigenvalue weighted by Gasteiger charge is -1.97. The van der Waals surface area contributed by atoms with Gasteiger partial charge in [0.25, 0.3) is 0 Å². The maximum Gasteiger partial charge on any atom is 0.209 e. The van der Waals surface area contributed by atoms with E-state index >= 15 is 0 Å². The third-order valence-electron chi connectivity index (χ3n) is 1.51. The first-order chi connectivity index (χ1) is 7.24. The van der Waals surface area contributed by atoms with Crippen LogP contribution < -0.4 is 9.69 Å². The fourth-order valence-corrected chi connectivity index (χ4v) is 1.69. The standard InChI is InChI=1S/C8H6N4O2S/c13-11-5-1-3-7(9-11)15-8-4-2-6-12(14)10-8/h1-6H. The molecular weight excluding hydrogens is 216 g/mol. The van der Waals surface area contributed by atoms with E-state index in [0.29, 0.717) is 19.7 Å². The zero-order valence-corrected chi connectivity index (χ0v) is 8.29. The third-order valence-corrected chi connectivity index (χ3v) is 2.36. The first kappa shape index (κ1) is 9.66. The summed E-state index contributed by atoms with van der Waals surface area (Å²) in [6.07, 6.45) is 2.58. The number of aromatic nitrogens is 4. The van der Waals surface area contributed by atoms with Crippen molar-refractivity contribution in [3.05, 3.63) is 47.1 Å². The van der Waals surface area contributed by atoms with E-state index in [2.05, 4.69) is 10.2 Å². The normalized spacial score (nSPS) is 10.1. The van der Waals surface area contributed by atoms with Gasteiger partial charge < -0.3 is 10.4 Å². The van der Waals surface area contributed by atoms with E-state index in [4.69, 9.17) is 0 Å². The molecule has 0 N–H and O–H groups in total. The predicted molar refractivity (Wildman–Crippen MR) is 50.5 cm³/mol. The molecule has 76 valence electrons. The Labute approximate surface area is 89.3 Å². The first-order valence-electron chi connectivity index (χ1n) is 4.05. The van der Waals surface area contributed by atoms with Gasteiger partial charge in [-0.1, -0.05) is 9.69 Å². The highest BCUT2D eigenvalue weighted by Crippen LogP contribution is 2.21. The van der Waals surface area contributed by atoms with Gasteiger partial charge in [-0.05, 0) is 23.9 Å². The molecule has 0 aromatic carbocycles. The lowest BCUT2D eigenvalue weighted by molar-refractivity contribution is -0.673. The number of hydrogen-bond donors (Lipinski definition) is 0. The van der Waals surface area contributed by atoms with E-state index in [0.717, 1.165) is 11.8 Å². The molecule has 2 rings (SSSR count). The van der Waals surface area contributed by atoms with Gasteiger partial charge in [-0.15, -0.1) is 0 Å². The van der Waals surface area contributed by atoms with Crippen LogP contribution in [-0.4, -0.2) is 10.2 Å². The highest BCUT2D eigenvalue weighted by atomic mass is 32.2. The molecule has 0 atom stereocenters. The molecule has 0 aliphatic carbocycles. The molecule has 15 heavy (non-hydrogen) atoms. The fraction of sp³-hybridized carbons (Fsp3) is 0. The van der Waals surface area contributed by atoms with E-state index in [1.807, 2.05) is 0 Å². The van der Waals surface area contributed by atoms with Crippen molar-refractivity contribution in [1.82, 2.24) is 10.2 Å². The van der Waals surface area contributed by atoms with Crippen molar-refractivity contribution in [3.8, 4) is 0 Å². The molecule has 0 saturated carbocycles. The molecule has 0 saturated heterocycles. The van der Waals surface area contributed by atoms with Crippen molar-refractivity contribution < 1.29 is 9.69 Å². The van der Waals surface area contributed by atoms with Crippen molar-refractivity contribution in [1.29, 1.82) is 0 Å².